The summed E-state index contributed by atoms with van der Waals surface area (Å²) < 4.78 is 12.6. The molecule has 2 saturated heterocycles. The van der Waals surface area contributed by atoms with Gasteiger partial charge in [-0.1, -0.05) is 61.6 Å². The van der Waals surface area contributed by atoms with Crippen LogP contribution < -0.4 is 19.7 Å². The summed E-state index contributed by atoms with van der Waals surface area (Å²) in [5.74, 6) is 0.335. The normalized spacial score (nSPS) is 26.8. The van der Waals surface area contributed by atoms with E-state index in [1.165, 1.54) is 5.19 Å². The maximum absolute atomic E-state index is 14.5. The van der Waals surface area contributed by atoms with Gasteiger partial charge in [0.25, 0.3) is 5.91 Å². The molecule has 4 aliphatic heterocycles. The molecular formula is C37H43N3O6Si. The molecule has 2 fully saturated rings. The number of carbonyl (C=O) groups is 3. The van der Waals surface area contributed by atoms with Crippen molar-refractivity contribution in [2.24, 2.45) is 5.92 Å². The average molecular weight is 654 g/mol. The minimum Gasteiger partial charge on any atom is -0.497 e. The molecule has 3 aromatic carbocycles. The minimum atomic E-state index is -2.45. The molecule has 4 heterocycles. The Morgan fingerprint density at radius 1 is 1.06 bits per heavy atom. The monoisotopic (exact) mass is 653 g/mol. The number of aliphatic hydroxyl groups excluding tert-OH is 1. The van der Waals surface area contributed by atoms with E-state index in [9.17, 15) is 19.5 Å². The number of anilines is 2. The Bertz CT molecular complexity index is 1740. The van der Waals surface area contributed by atoms with Crippen molar-refractivity contribution in [3.63, 3.8) is 0 Å². The second-order valence-electron chi connectivity index (χ2n) is 14.1. The zero-order valence-corrected chi connectivity index (χ0v) is 28.7. The van der Waals surface area contributed by atoms with E-state index in [2.05, 4.69) is 38.2 Å². The van der Waals surface area contributed by atoms with Gasteiger partial charge in [0.15, 0.2) is 5.60 Å². The standard InChI is InChI=1S/C37H43N3O6Si/c1-23-35(47(4,5)29-13-11-28(45-3)12-14-29)32(20-34(43)40-21-25-9-7-6-8-24(25)18-27(40)22-41)46-37(23)30-19-26(39-17-16-33(39)42)10-15-31(30)38(2)36(37)44/h6-15,19,23,27,32,35,41H,16-18,20-22H2,1-5H3/t23-,27-,32+,35-,37+/m0/s1. The summed E-state index contributed by atoms with van der Waals surface area (Å²) in [6, 6.07) is 21.7. The van der Waals surface area contributed by atoms with Gasteiger partial charge in [0.05, 0.1) is 46.0 Å². The number of benzene rings is 3. The number of aliphatic hydroxyl groups is 1. The van der Waals surface area contributed by atoms with Crippen LogP contribution in [0.1, 0.15) is 36.5 Å². The third kappa shape index (κ3) is 4.83. The molecule has 0 aromatic heterocycles. The molecule has 0 radical (unpaired) electrons. The lowest BCUT2D eigenvalue weighted by Crippen LogP contribution is -2.52. The van der Waals surface area contributed by atoms with Gasteiger partial charge in [-0.2, -0.15) is 0 Å². The first-order valence-corrected chi connectivity index (χ1v) is 19.6. The number of hydrogen-bond donors (Lipinski definition) is 1. The van der Waals surface area contributed by atoms with Crippen LogP contribution in [0.3, 0.4) is 0 Å². The number of rotatable bonds is 7. The average Bonchev–Trinajstić information content (AvgIpc) is 3.48. The number of hydrogen-bond acceptors (Lipinski definition) is 6. The molecule has 5 atom stereocenters. The van der Waals surface area contributed by atoms with Gasteiger partial charge in [-0.05, 0) is 53.4 Å². The lowest BCUT2D eigenvalue weighted by molar-refractivity contribution is -0.150. The van der Waals surface area contributed by atoms with Crippen LogP contribution in [0.5, 0.6) is 5.75 Å². The molecule has 0 aliphatic carbocycles. The zero-order chi connectivity index (χ0) is 33.2. The van der Waals surface area contributed by atoms with Gasteiger partial charge in [-0.25, -0.2) is 0 Å². The molecule has 0 saturated carbocycles. The number of ether oxygens (including phenoxy) is 2. The SMILES string of the molecule is COc1ccc([Si](C)(C)[C@@H]2[C@@H](CC(=O)N3Cc4ccccc4C[C@H]3CO)O[C@]3(C(=O)N(C)c4ccc(N5CCC5=O)cc43)[C@H]2C)cc1. The fraction of sp³-hybridized carbons (Fsp3) is 0.432. The molecule has 1 spiro atoms. The molecule has 9 nitrogen and oxygen atoms in total. The maximum atomic E-state index is 14.5. The Morgan fingerprint density at radius 3 is 2.43 bits per heavy atom. The molecule has 10 heteroatoms. The van der Waals surface area contributed by atoms with Crippen LogP contribution in [-0.2, 0) is 37.7 Å². The molecular weight excluding hydrogens is 611 g/mol. The first-order valence-electron chi connectivity index (χ1n) is 16.5. The van der Waals surface area contributed by atoms with E-state index in [1.54, 1.807) is 28.9 Å². The molecule has 3 aromatic rings. The fourth-order valence-corrected chi connectivity index (χ4v) is 12.7. The minimum absolute atomic E-state index is 0.0630. The predicted octanol–water partition coefficient (Wildman–Crippen LogP) is 3.96. The fourth-order valence-electron chi connectivity index (χ4n) is 8.70. The molecule has 0 bridgehead atoms. The Morgan fingerprint density at radius 2 is 1.79 bits per heavy atom. The van der Waals surface area contributed by atoms with Crippen molar-refractivity contribution in [2.45, 2.75) is 69.1 Å². The Hall–Kier alpha value is -3.99. The summed E-state index contributed by atoms with van der Waals surface area (Å²) in [5.41, 5.74) is 3.11. The van der Waals surface area contributed by atoms with Gasteiger partial charge >= 0.3 is 0 Å². The van der Waals surface area contributed by atoms with Crippen molar-refractivity contribution >= 4 is 42.4 Å². The summed E-state index contributed by atoms with van der Waals surface area (Å²) in [4.78, 5) is 46.5. The highest BCUT2D eigenvalue weighted by Crippen LogP contribution is 2.60. The Labute approximate surface area is 277 Å². The van der Waals surface area contributed by atoms with E-state index in [-0.39, 0.29) is 48.3 Å². The molecule has 3 amide bonds. The van der Waals surface area contributed by atoms with Crippen LogP contribution in [0.2, 0.25) is 18.6 Å². The number of amides is 3. The van der Waals surface area contributed by atoms with E-state index in [1.807, 2.05) is 48.5 Å². The molecule has 1 N–H and O–H groups in total. The second-order valence-corrected chi connectivity index (χ2v) is 18.7. The maximum Gasteiger partial charge on any atom is 0.264 e. The first-order chi connectivity index (χ1) is 22.5. The second kappa shape index (κ2) is 11.6. The van der Waals surface area contributed by atoms with Crippen molar-refractivity contribution in [1.29, 1.82) is 0 Å². The Balaban J connectivity index is 1.30. The number of likely N-dealkylation sites (N-methyl/N-ethyl adjacent to an activating group) is 1. The van der Waals surface area contributed by atoms with Crippen LogP contribution in [0, 0.1) is 5.92 Å². The Kier molecular flexibility index (Phi) is 7.80. The highest BCUT2D eigenvalue weighted by Gasteiger charge is 2.66. The van der Waals surface area contributed by atoms with Crippen LogP contribution in [0.15, 0.2) is 66.7 Å². The van der Waals surface area contributed by atoms with Crippen LogP contribution in [0.25, 0.3) is 0 Å². The summed E-state index contributed by atoms with van der Waals surface area (Å²) >= 11 is 0. The summed E-state index contributed by atoms with van der Waals surface area (Å²) in [6.45, 7) is 7.63. The third-order valence-corrected chi connectivity index (χ3v) is 15.7. The highest BCUT2D eigenvalue weighted by molar-refractivity contribution is 6.91. The van der Waals surface area contributed by atoms with E-state index >= 15 is 0 Å². The van der Waals surface area contributed by atoms with E-state index < -0.39 is 19.8 Å². The summed E-state index contributed by atoms with van der Waals surface area (Å²) in [6.07, 6.45) is 0.653. The lowest BCUT2D eigenvalue weighted by atomic mass is 9.82. The van der Waals surface area contributed by atoms with E-state index in [0.717, 1.165) is 33.8 Å². The van der Waals surface area contributed by atoms with Gasteiger partial charge in [-0.15, -0.1) is 0 Å². The predicted molar refractivity (Wildman–Crippen MR) is 183 cm³/mol. The molecule has 7 rings (SSSR count). The lowest BCUT2D eigenvalue weighted by Gasteiger charge is -2.39. The third-order valence-electron chi connectivity index (χ3n) is 11.4. The molecule has 4 aliphatic rings. The largest absolute Gasteiger partial charge is 0.497 e. The zero-order valence-electron chi connectivity index (χ0n) is 27.7. The van der Waals surface area contributed by atoms with Gasteiger partial charge in [0.2, 0.25) is 11.8 Å². The quantitative estimate of drug-likeness (QED) is 0.306. The van der Waals surface area contributed by atoms with Crippen LogP contribution >= 0.6 is 0 Å². The molecule has 246 valence electrons. The number of fused-ring (bicyclic) bond motifs is 3. The highest BCUT2D eigenvalue weighted by atomic mass is 28.3. The van der Waals surface area contributed by atoms with Crippen LogP contribution in [-0.4, -0.2) is 75.3 Å². The van der Waals surface area contributed by atoms with E-state index in [4.69, 9.17) is 9.47 Å². The van der Waals surface area contributed by atoms with E-state index in [0.29, 0.717) is 25.9 Å². The van der Waals surface area contributed by atoms with Gasteiger partial charge in [0.1, 0.15) is 5.75 Å². The summed E-state index contributed by atoms with van der Waals surface area (Å²) in [5, 5.41) is 11.5. The number of carbonyl (C=O) groups excluding carboxylic acids is 3. The molecule has 0 unspecified atom stereocenters. The topological polar surface area (TPSA) is 99.6 Å². The first kappa shape index (κ1) is 31.6. The number of methoxy groups -OCH3 is 1. The van der Waals surface area contributed by atoms with Crippen molar-refractivity contribution < 1.29 is 29.0 Å². The van der Waals surface area contributed by atoms with Gasteiger partial charge in [0, 0.05) is 43.7 Å². The van der Waals surface area contributed by atoms with Gasteiger partial charge in [-0.3, -0.25) is 14.4 Å². The van der Waals surface area contributed by atoms with Gasteiger partial charge < -0.3 is 29.3 Å². The smallest absolute Gasteiger partial charge is 0.264 e. The van der Waals surface area contributed by atoms with Crippen molar-refractivity contribution in [1.82, 2.24) is 4.90 Å². The molecule has 47 heavy (non-hydrogen) atoms. The van der Waals surface area contributed by atoms with Crippen molar-refractivity contribution in [2.75, 3.05) is 37.1 Å². The number of nitrogens with zero attached hydrogens (tertiary/aromatic N) is 3. The van der Waals surface area contributed by atoms with Crippen molar-refractivity contribution in [3.05, 3.63) is 83.4 Å². The number of β-lactam (4-membered cyclic amide) rings is 1. The van der Waals surface area contributed by atoms with Crippen molar-refractivity contribution in [3.8, 4) is 5.75 Å². The van der Waals surface area contributed by atoms with Crippen LogP contribution in [0.4, 0.5) is 11.4 Å². The summed E-state index contributed by atoms with van der Waals surface area (Å²) in [7, 11) is 0.972.